The van der Waals surface area contributed by atoms with Gasteiger partial charge < -0.3 is 14.5 Å². The summed E-state index contributed by atoms with van der Waals surface area (Å²) in [5.74, 6) is 0.0454. The van der Waals surface area contributed by atoms with Gasteiger partial charge in [0.2, 0.25) is 0 Å². The molecule has 1 aromatic carbocycles. The van der Waals surface area contributed by atoms with Crippen LogP contribution in [0.3, 0.4) is 0 Å². The van der Waals surface area contributed by atoms with Gasteiger partial charge in [0.15, 0.2) is 0 Å². The largest absolute Gasteiger partial charge is 0.376 e. The predicted molar refractivity (Wildman–Crippen MR) is 84.9 cm³/mol. The first-order valence-electron chi connectivity index (χ1n) is 7.37. The van der Waals surface area contributed by atoms with Crippen molar-refractivity contribution in [3.63, 3.8) is 0 Å². The Hall–Kier alpha value is -1.10. The number of halogens is 1. The summed E-state index contributed by atoms with van der Waals surface area (Å²) in [6.07, 6.45) is 2.29. The number of amides is 1. The van der Waals surface area contributed by atoms with Gasteiger partial charge in [-0.15, -0.1) is 0 Å². The van der Waals surface area contributed by atoms with E-state index >= 15 is 0 Å². The monoisotopic (exact) mass is 310 g/mol. The summed E-state index contributed by atoms with van der Waals surface area (Å²) < 4.78 is 5.67. The Kier molecular flexibility index (Phi) is 6.03. The summed E-state index contributed by atoms with van der Waals surface area (Å²) in [7, 11) is 4.02. The number of carbonyl (C=O) groups excluding carboxylic acids is 1. The fraction of sp³-hybridized carbons (Fsp3) is 0.562. The fourth-order valence-corrected chi connectivity index (χ4v) is 2.53. The van der Waals surface area contributed by atoms with E-state index in [1.54, 1.807) is 24.3 Å². The van der Waals surface area contributed by atoms with Gasteiger partial charge in [0, 0.05) is 36.8 Å². The molecule has 0 saturated carbocycles. The maximum atomic E-state index is 12.7. The van der Waals surface area contributed by atoms with E-state index < -0.39 is 0 Å². The van der Waals surface area contributed by atoms with E-state index in [-0.39, 0.29) is 12.0 Å². The molecule has 0 radical (unpaired) electrons. The van der Waals surface area contributed by atoms with Gasteiger partial charge in [0.05, 0.1) is 6.10 Å². The number of carbonyl (C=O) groups is 1. The Morgan fingerprint density at radius 3 is 2.57 bits per heavy atom. The van der Waals surface area contributed by atoms with Crippen LogP contribution < -0.4 is 0 Å². The predicted octanol–water partition coefficient (Wildman–Crippen LogP) is 2.52. The molecular formula is C16H23ClN2O2. The molecule has 0 spiro atoms. The summed E-state index contributed by atoms with van der Waals surface area (Å²) >= 11 is 5.88. The Morgan fingerprint density at radius 1 is 1.29 bits per heavy atom. The van der Waals surface area contributed by atoms with Crippen LogP contribution in [0.4, 0.5) is 0 Å². The highest BCUT2D eigenvalue weighted by atomic mass is 35.5. The van der Waals surface area contributed by atoms with E-state index in [2.05, 4.69) is 4.90 Å². The molecule has 1 aliphatic heterocycles. The quantitative estimate of drug-likeness (QED) is 0.809. The van der Waals surface area contributed by atoms with E-state index in [1.165, 1.54) is 0 Å². The smallest absolute Gasteiger partial charge is 0.253 e. The molecule has 1 fully saturated rings. The minimum absolute atomic E-state index is 0.0454. The number of ether oxygens (including phenoxy) is 1. The molecule has 1 aliphatic rings. The first-order chi connectivity index (χ1) is 10.1. The molecule has 21 heavy (non-hydrogen) atoms. The number of rotatable bonds is 6. The molecule has 5 heteroatoms. The van der Waals surface area contributed by atoms with Gasteiger partial charge in [0.25, 0.3) is 5.91 Å². The van der Waals surface area contributed by atoms with Crippen molar-refractivity contribution in [2.75, 3.05) is 40.3 Å². The summed E-state index contributed by atoms with van der Waals surface area (Å²) in [5, 5.41) is 0.644. The first-order valence-corrected chi connectivity index (χ1v) is 7.75. The zero-order valence-electron chi connectivity index (χ0n) is 12.7. The van der Waals surface area contributed by atoms with Crippen LogP contribution >= 0.6 is 11.6 Å². The normalized spacial score (nSPS) is 18.2. The van der Waals surface area contributed by atoms with Gasteiger partial charge in [-0.3, -0.25) is 4.79 Å². The van der Waals surface area contributed by atoms with Crippen molar-refractivity contribution in [2.45, 2.75) is 18.9 Å². The zero-order valence-corrected chi connectivity index (χ0v) is 13.5. The van der Waals surface area contributed by atoms with Gasteiger partial charge >= 0.3 is 0 Å². The second-order valence-corrected chi connectivity index (χ2v) is 6.13. The molecule has 0 aromatic heterocycles. The standard InChI is InChI=1S/C16H23ClN2O2/c1-18(2)9-10-19(12-15-4-3-11-21-15)16(20)13-5-7-14(17)8-6-13/h5-8,15H,3-4,9-12H2,1-2H3/t15-/m0/s1. The van der Waals surface area contributed by atoms with Crippen LogP contribution in [0.5, 0.6) is 0 Å². The van der Waals surface area contributed by atoms with Crippen molar-refractivity contribution in [2.24, 2.45) is 0 Å². The van der Waals surface area contributed by atoms with Crippen LogP contribution in [0.25, 0.3) is 0 Å². The summed E-state index contributed by atoms with van der Waals surface area (Å²) in [6.45, 7) is 3.01. The van der Waals surface area contributed by atoms with Gasteiger partial charge in [-0.25, -0.2) is 0 Å². The van der Waals surface area contributed by atoms with Gasteiger partial charge in [-0.2, -0.15) is 0 Å². The van der Waals surface area contributed by atoms with Crippen molar-refractivity contribution in [1.29, 1.82) is 0 Å². The summed E-state index contributed by atoms with van der Waals surface area (Å²) in [5.41, 5.74) is 0.677. The molecule has 0 bridgehead atoms. The minimum Gasteiger partial charge on any atom is -0.376 e. The third kappa shape index (κ3) is 4.99. The third-order valence-electron chi connectivity index (χ3n) is 3.64. The van der Waals surface area contributed by atoms with Gasteiger partial charge in [-0.05, 0) is 51.2 Å². The van der Waals surface area contributed by atoms with E-state index in [4.69, 9.17) is 16.3 Å². The lowest BCUT2D eigenvalue weighted by Gasteiger charge is -2.27. The highest BCUT2D eigenvalue weighted by molar-refractivity contribution is 6.30. The number of benzene rings is 1. The molecule has 1 aromatic rings. The molecule has 1 amide bonds. The highest BCUT2D eigenvalue weighted by Crippen LogP contribution is 2.16. The molecule has 1 atom stereocenters. The summed E-state index contributed by atoms with van der Waals surface area (Å²) in [4.78, 5) is 16.6. The van der Waals surface area contributed by atoms with Crippen LogP contribution in [0.1, 0.15) is 23.2 Å². The van der Waals surface area contributed by atoms with Crippen LogP contribution in [0.15, 0.2) is 24.3 Å². The van der Waals surface area contributed by atoms with E-state index in [1.807, 2.05) is 19.0 Å². The van der Waals surface area contributed by atoms with Crippen molar-refractivity contribution in [3.05, 3.63) is 34.9 Å². The van der Waals surface area contributed by atoms with Crippen LogP contribution in [-0.2, 0) is 4.74 Å². The fourth-order valence-electron chi connectivity index (χ4n) is 2.41. The second-order valence-electron chi connectivity index (χ2n) is 5.70. The second kappa shape index (κ2) is 7.78. The average molecular weight is 311 g/mol. The van der Waals surface area contributed by atoms with E-state index in [0.29, 0.717) is 23.7 Å². The minimum atomic E-state index is 0.0454. The summed E-state index contributed by atoms with van der Waals surface area (Å²) in [6, 6.07) is 7.07. The Morgan fingerprint density at radius 2 is 2.00 bits per heavy atom. The molecule has 116 valence electrons. The number of likely N-dealkylation sites (N-methyl/N-ethyl adjacent to an activating group) is 1. The number of hydrogen-bond donors (Lipinski definition) is 0. The van der Waals surface area contributed by atoms with Crippen molar-refractivity contribution in [1.82, 2.24) is 9.80 Å². The molecule has 1 saturated heterocycles. The average Bonchev–Trinajstić information content (AvgIpc) is 2.96. The molecule has 0 N–H and O–H groups in total. The lowest BCUT2D eigenvalue weighted by molar-refractivity contribution is 0.0512. The zero-order chi connectivity index (χ0) is 15.2. The Labute approximate surface area is 131 Å². The Bertz CT molecular complexity index is 456. The first kappa shape index (κ1) is 16.3. The maximum Gasteiger partial charge on any atom is 0.253 e. The van der Waals surface area contributed by atoms with Crippen molar-refractivity contribution >= 4 is 17.5 Å². The number of nitrogens with zero attached hydrogens (tertiary/aromatic N) is 2. The molecular weight excluding hydrogens is 288 g/mol. The Balaban J connectivity index is 2.04. The van der Waals surface area contributed by atoms with Crippen LogP contribution in [0, 0.1) is 0 Å². The molecule has 1 heterocycles. The van der Waals surface area contributed by atoms with Crippen LogP contribution in [0.2, 0.25) is 5.02 Å². The maximum absolute atomic E-state index is 12.7. The van der Waals surface area contributed by atoms with E-state index in [9.17, 15) is 4.79 Å². The lowest BCUT2D eigenvalue weighted by atomic mass is 10.1. The van der Waals surface area contributed by atoms with E-state index in [0.717, 1.165) is 26.0 Å². The van der Waals surface area contributed by atoms with Gasteiger partial charge in [0.1, 0.15) is 0 Å². The number of hydrogen-bond acceptors (Lipinski definition) is 3. The lowest BCUT2D eigenvalue weighted by Crippen LogP contribution is -2.41. The molecule has 0 unspecified atom stereocenters. The molecule has 4 nitrogen and oxygen atoms in total. The van der Waals surface area contributed by atoms with Gasteiger partial charge in [-0.1, -0.05) is 11.6 Å². The van der Waals surface area contributed by atoms with Crippen molar-refractivity contribution < 1.29 is 9.53 Å². The van der Waals surface area contributed by atoms with Crippen molar-refractivity contribution in [3.8, 4) is 0 Å². The topological polar surface area (TPSA) is 32.8 Å². The SMILES string of the molecule is CN(C)CCN(C[C@@H]1CCCO1)C(=O)c1ccc(Cl)cc1. The highest BCUT2D eigenvalue weighted by Gasteiger charge is 2.23. The van der Waals surface area contributed by atoms with Crippen LogP contribution in [-0.4, -0.2) is 62.1 Å². The molecule has 0 aliphatic carbocycles. The molecule has 2 rings (SSSR count). The third-order valence-corrected chi connectivity index (χ3v) is 3.90.